The monoisotopic (exact) mass is 275 g/mol. The highest BCUT2D eigenvalue weighted by molar-refractivity contribution is 7.15. The van der Waals surface area contributed by atoms with Crippen molar-refractivity contribution in [3.8, 4) is 5.75 Å². The van der Waals surface area contributed by atoms with Gasteiger partial charge in [0.15, 0.2) is 11.1 Å². The number of aromatic nitrogens is 2. The van der Waals surface area contributed by atoms with Crippen LogP contribution in [0.15, 0.2) is 36.9 Å². The zero-order chi connectivity index (χ0) is 13.7. The van der Waals surface area contributed by atoms with Crippen LogP contribution in [0.5, 0.6) is 5.75 Å². The topological polar surface area (TPSA) is 61.0 Å². The highest BCUT2D eigenvalue weighted by atomic mass is 32.1. The lowest BCUT2D eigenvalue weighted by molar-refractivity contribution is 0.198. The van der Waals surface area contributed by atoms with E-state index in [-0.39, 0.29) is 6.10 Å². The van der Waals surface area contributed by atoms with Gasteiger partial charge in [0, 0.05) is 0 Å². The minimum absolute atomic E-state index is 0.110. The van der Waals surface area contributed by atoms with Crippen LogP contribution in [0.25, 0.3) is 0 Å². The summed E-state index contributed by atoms with van der Waals surface area (Å²) < 4.78 is 6.05. The van der Waals surface area contributed by atoms with E-state index in [1.54, 1.807) is 0 Å². The second-order valence-corrected chi connectivity index (χ2v) is 5.13. The zero-order valence-corrected chi connectivity index (χ0v) is 11.7. The normalized spacial score (nSPS) is 12.1. The Bertz CT molecular complexity index is 553. The van der Waals surface area contributed by atoms with Gasteiger partial charge in [-0.3, -0.25) is 0 Å². The van der Waals surface area contributed by atoms with Crippen molar-refractivity contribution in [2.75, 3.05) is 5.73 Å². The Morgan fingerprint density at radius 1 is 1.42 bits per heavy atom. The van der Waals surface area contributed by atoms with E-state index in [2.05, 4.69) is 23.7 Å². The summed E-state index contributed by atoms with van der Waals surface area (Å²) in [6, 6.07) is 7.96. The van der Waals surface area contributed by atoms with Crippen LogP contribution < -0.4 is 10.5 Å². The summed E-state index contributed by atoms with van der Waals surface area (Å²) in [4.78, 5) is 0. The van der Waals surface area contributed by atoms with Gasteiger partial charge in [-0.25, -0.2) is 0 Å². The summed E-state index contributed by atoms with van der Waals surface area (Å²) in [5, 5.41) is 9.18. The number of hydrogen-bond donors (Lipinski definition) is 1. The molecule has 0 spiro atoms. The summed E-state index contributed by atoms with van der Waals surface area (Å²) in [6.45, 7) is 5.82. The van der Waals surface area contributed by atoms with Crippen LogP contribution in [0.4, 0.5) is 5.13 Å². The Balaban J connectivity index is 2.21. The summed E-state index contributed by atoms with van der Waals surface area (Å²) in [5.41, 5.74) is 6.74. The first kappa shape index (κ1) is 13.5. The number of ether oxygens (including phenoxy) is 1. The Kier molecular flexibility index (Phi) is 4.52. The van der Waals surface area contributed by atoms with Crippen molar-refractivity contribution in [1.82, 2.24) is 10.2 Å². The van der Waals surface area contributed by atoms with Gasteiger partial charge in [0.2, 0.25) is 5.13 Å². The molecule has 0 aliphatic heterocycles. The van der Waals surface area contributed by atoms with E-state index in [0.29, 0.717) is 5.13 Å². The third-order valence-electron chi connectivity index (χ3n) is 2.71. The number of nitrogens with two attached hydrogens (primary N) is 1. The first-order valence-electron chi connectivity index (χ1n) is 6.19. The molecule has 0 aliphatic rings. The number of para-hydroxylation sites is 1. The van der Waals surface area contributed by atoms with Crippen LogP contribution in [0.3, 0.4) is 0 Å². The van der Waals surface area contributed by atoms with E-state index in [4.69, 9.17) is 10.5 Å². The fourth-order valence-electron chi connectivity index (χ4n) is 1.78. The van der Waals surface area contributed by atoms with Crippen molar-refractivity contribution in [2.45, 2.75) is 25.9 Å². The predicted molar refractivity (Wildman–Crippen MR) is 78.3 cm³/mol. The number of benzene rings is 1. The Morgan fingerprint density at radius 2 is 2.21 bits per heavy atom. The molecule has 0 radical (unpaired) electrons. The first-order chi connectivity index (χ1) is 9.24. The fraction of sp³-hybridized carbons (Fsp3) is 0.286. The third-order valence-corrected chi connectivity index (χ3v) is 3.55. The molecule has 0 bridgehead atoms. The number of allylic oxidation sites excluding steroid dienone is 1. The van der Waals surface area contributed by atoms with Gasteiger partial charge in [0.05, 0.1) is 0 Å². The molecule has 2 aromatic rings. The molecule has 2 N–H and O–H groups in total. The van der Waals surface area contributed by atoms with E-state index < -0.39 is 0 Å². The summed E-state index contributed by atoms with van der Waals surface area (Å²) in [5.74, 6) is 0.864. The molecule has 0 saturated heterocycles. The van der Waals surface area contributed by atoms with E-state index in [1.807, 2.05) is 30.3 Å². The van der Waals surface area contributed by atoms with Crippen molar-refractivity contribution in [3.63, 3.8) is 0 Å². The van der Waals surface area contributed by atoms with Crippen molar-refractivity contribution in [1.29, 1.82) is 0 Å². The molecular weight excluding hydrogens is 258 g/mol. The van der Waals surface area contributed by atoms with E-state index in [9.17, 15) is 0 Å². The molecule has 0 saturated carbocycles. The zero-order valence-electron chi connectivity index (χ0n) is 10.9. The third kappa shape index (κ3) is 3.32. The first-order valence-corrected chi connectivity index (χ1v) is 7.00. The Labute approximate surface area is 116 Å². The van der Waals surface area contributed by atoms with Gasteiger partial charge >= 0.3 is 0 Å². The maximum atomic E-state index is 6.05. The molecule has 2 rings (SSSR count). The lowest BCUT2D eigenvalue weighted by atomic mass is 10.1. The molecular formula is C14H17N3OS. The van der Waals surface area contributed by atoms with Gasteiger partial charge < -0.3 is 10.5 Å². The lowest BCUT2D eigenvalue weighted by Gasteiger charge is -2.17. The maximum Gasteiger partial charge on any atom is 0.203 e. The number of nitrogens with zero attached hydrogens (tertiary/aromatic N) is 2. The smallest absolute Gasteiger partial charge is 0.203 e. The average Bonchev–Trinajstić information content (AvgIpc) is 2.84. The molecule has 0 fully saturated rings. The number of hydrogen-bond acceptors (Lipinski definition) is 5. The molecule has 0 amide bonds. The number of anilines is 1. The molecule has 5 heteroatoms. The molecule has 100 valence electrons. The maximum absolute atomic E-state index is 6.05. The number of nitrogen functional groups attached to an aromatic ring is 1. The van der Waals surface area contributed by atoms with Crippen LogP contribution in [-0.4, -0.2) is 10.2 Å². The SMILES string of the molecule is C=CCc1ccccc1OC(CC)c1nnc(N)s1. The second kappa shape index (κ2) is 6.33. The molecule has 0 aliphatic carbocycles. The van der Waals surface area contributed by atoms with Crippen molar-refractivity contribution in [2.24, 2.45) is 0 Å². The average molecular weight is 275 g/mol. The molecule has 1 aromatic heterocycles. The number of rotatable bonds is 6. The van der Waals surface area contributed by atoms with Crippen molar-refractivity contribution < 1.29 is 4.74 Å². The molecule has 19 heavy (non-hydrogen) atoms. The minimum Gasteiger partial charge on any atom is -0.483 e. The van der Waals surface area contributed by atoms with Gasteiger partial charge in [-0.15, -0.1) is 16.8 Å². The van der Waals surface area contributed by atoms with E-state index in [1.165, 1.54) is 11.3 Å². The molecule has 1 aromatic carbocycles. The minimum atomic E-state index is -0.110. The summed E-state index contributed by atoms with van der Waals surface area (Å²) in [6.07, 6.45) is 3.36. The Morgan fingerprint density at radius 3 is 2.84 bits per heavy atom. The molecule has 1 heterocycles. The summed E-state index contributed by atoms with van der Waals surface area (Å²) in [7, 11) is 0. The van der Waals surface area contributed by atoms with Crippen molar-refractivity contribution >= 4 is 16.5 Å². The predicted octanol–water partition coefficient (Wildman–Crippen LogP) is 3.38. The van der Waals surface area contributed by atoms with E-state index >= 15 is 0 Å². The van der Waals surface area contributed by atoms with Gasteiger partial charge in [-0.1, -0.05) is 42.5 Å². The summed E-state index contributed by atoms with van der Waals surface area (Å²) >= 11 is 1.37. The van der Waals surface area contributed by atoms with Crippen LogP contribution in [0, 0.1) is 0 Å². The Hall–Kier alpha value is -1.88. The molecule has 4 nitrogen and oxygen atoms in total. The quantitative estimate of drug-likeness (QED) is 0.821. The highest BCUT2D eigenvalue weighted by Crippen LogP contribution is 2.29. The van der Waals surface area contributed by atoms with Crippen LogP contribution in [-0.2, 0) is 6.42 Å². The van der Waals surface area contributed by atoms with Crippen LogP contribution in [0.2, 0.25) is 0 Å². The lowest BCUT2D eigenvalue weighted by Crippen LogP contribution is -2.07. The van der Waals surface area contributed by atoms with Gasteiger partial charge in [0.25, 0.3) is 0 Å². The molecule has 1 unspecified atom stereocenters. The van der Waals surface area contributed by atoms with Gasteiger partial charge in [0.1, 0.15) is 5.75 Å². The standard InChI is InChI=1S/C14H17N3OS/c1-3-7-10-8-5-6-9-12(10)18-11(4-2)13-16-17-14(15)19-13/h3,5-6,8-9,11H,1,4,7H2,2H3,(H2,15,17). The van der Waals surface area contributed by atoms with Gasteiger partial charge in [-0.05, 0) is 24.5 Å². The van der Waals surface area contributed by atoms with Crippen molar-refractivity contribution in [3.05, 3.63) is 47.5 Å². The van der Waals surface area contributed by atoms with Gasteiger partial charge in [-0.2, -0.15) is 0 Å². The van der Waals surface area contributed by atoms with Crippen LogP contribution >= 0.6 is 11.3 Å². The fourth-order valence-corrected chi connectivity index (χ4v) is 2.51. The second-order valence-electron chi connectivity index (χ2n) is 4.09. The largest absolute Gasteiger partial charge is 0.483 e. The molecule has 1 atom stereocenters. The van der Waals surface area contributed by atoms with E-state index in [0.717, 1.165) is 29.2 Å². The van der Waals surface area contributed by atoms with Crippen LogP contribution in [0.1, 0.15) is 30.0 Å². The highest BCUT2D eigenvalue weighted by Gasteiger charge is 2.17.